The van der Waals surface area contributed by atoms with Crippen LogP contribution in [0, 0.1) is 0 Å². The number of likely N-dealkylation sites (tertiary alicyclic amines) is 1. The fourth-order valence-corrected chi connectivity index (χ4v) is 3.45. The molecule has 2 aromatic rings. The summed E-state index contributed by atoms with van der Waals surface area (Å²) >= 11 is 0. The van der Waals surface area contributed by atoms with Crippen LogP contribution in [0.1, 0.15) is 44.7 Å². The Kier molecular flexibility index (Phi) is 7.46. The molecule has 1 saturated heterocycles. The molecule has 2 amide bonds. The minimum absolute atomic E-state index is 0.0690. The smallest absolute Gasteiger partial charge is 0.418 e. The van der Waals surface area contributed by atoms with Crippen LogP contribution in [0.2, 0.25) is 0 Å². The van der Waals surface area contributed by atoms with E-state index in [2.05, 4.69) is 0 Å². The molecule has 0 radical (unpaired) electrons. The minimum atomic E-state index is -1.04. The lowest BCUT2D eigenvalue weighted by atomic mass is 10.1. The summed E-state index contributed by atoms with van der Waals surface area (Å²) in [6.45, 7) is 5.21. The van der Waals surface area contributed by atoms with Crippen molar-refractivity contribution in [2.75, 3.05) is 0 Å². The summed E-state index contributed by atoms with van der Waals surface area (Å²) < 4.78 is 10.8. The van der Waals surface area contributed by atoms with Crippen molar-refractivity contribution in [3.8, 4) is 0 Å². The molecule has 0 unspecified atom stereocenters. The number of hydrogen-bond acceptors (Lipinski definition) is 5. The average Bonchev–Trinajstić information content (AvgIpc) is 3.09. The van der Waals surface area contributed by atoms with Crippen molar-refractivity contribution in [2.24, 2.45) is 0 Å². The van der Waals surface area contributed by atoms with E-state index in [-0.39, 0.29) is 13.0 Å². The maximum Gasteiger partial charge on any atom is 0.418 e. The van der Waals surface area contributed by atoms with Gasteiger partial charge in [0.05, 0.1) is 0 Å². The summed E-state index contributed by atoms with van der Waals surface area (Å²) in [5.41, 5.74) is 1.61. The van der Waals surface area contributed by atoms with Crippen molar-refractivity contribution in [1.82, 2.24) is 4.90 Å². The molecule has 1 atom stereocenters. The van der Waals surface area contributed by atoms with E-state index in [9.17, 15) is 14.4 Å². The molecule has 0 saturated carbocycles. The highest BCUT2D eigenvalue weighted by Crippen LogP contribution is 2.28. The maximum absolute atomic E-state index is 13.0. The molecule has 32 heavy (non-hydrogen) atoms. The Morgan fingerprint density at radius 2 is 1.59 bits per heavy atom. The Hall–Kier alpha value is -3.41. The first-order chi connectivity index (χ1) is 15.2. The standard InChI is InChI=1S/C26H29NO5/c1-26(2,3)32-25(30)27-22(24(29)31-18-20-13-8-5-9-14-20)17-21(23(27)28)16-10-15-19-11-6-4-7-12-19/h4-9,11-14,16,22H,10,15,17-18H2,1-3H3/t22-/m0/s1. The third-order valence-corrected chi connectivity index (χ3v) is 4.97. The number of carbonyl (C=O) groups excluding carboxylic acids is 3. The first kappa shape index (κ1) is 23.3. The topological polar surface area (TPSA) is 72.9 Å². The van der Waals surface area contributed by atoms with Crippen molar-refractivity contribution in [3.63, 3.8) is 0 Å². The van der Waals surface area contributed by atoms with E-state index in [4.69, 9.17) is 9.47 Å². The molecule has 0 spiro atoms. The molecule has 6 heteroatoms. The fraction of sp³-hybridized carbons (Fsp3) is 0.346. The van der Waals surface area contributed by atoms with E-state index in [1.807, 2.05) is 60.7 Å². The van der Waals surface area contributed by atoms with E-state index in [1.54, 1.807) is 26.8 Å². The Morgan fingerprint density at radius 3 is 2.19 bits per heavy atom. The maximum atomic E-state index is 13.0. The highest BCUT2D eigenvalue weighted by molar-refractivity contribution is 6.08. The summed E-state index contributed by atoms with van der Waals surface area (Å²) in [6.07, 6.45) is 2.46. The molecule has 1 aliphatic heterocycles. The van der Waals surface area contributed by atoms with Crippen LogP contribution in [0.15, 0.2) is 72.3 Å². The molecular weight excluding hydrogens is 406 g/mol. The van der Waals surface area contributed by atoms with Crippen LogP contribution in [-0.2, 0) is 32.1 Å². The van der Waals surface area contributed by atoms with Crippen molar-refractivity contribution >= 4 is 18.0 Å². The summed E-state index contributed by atoms with van der Waals surface area (Å²) in [6, 6.07) is 18.1. The number of amides is 2. The highest BCUT2D eigenvalue weighted by Gasteiger charge is 2.46. The molecule has 0 N–H and O–H groups in total. The van der Waals surface area contributed by atoms with Crippen LogP contribution in [0.3, 0.4) is 0 Å². The largest absolute Gasteiger partial charge is 0.459 e. The van der Waals surface area contributed by atoms with Gasteiger partial charge in [-0.1, -0.05) is 66.7 Å². The molecule has 3 rings (SSSR count). The lowest BCUT2D eigenvalue weighted by Crippen LogP contribution is -2.46. The number of rotatable bonds is 6. The third kappa shape index (κ3) is 6.30. The Bertz CT molecular complexity index is 976. The summed E-state index contributed by atoms with van der Waals surface area (Å²) in [5.74, 6) is -1.13. The fourth-order valence-electron chi connectivity index (χ4n) is 3.45. The van der Waals surface area contributed by atoms with Gasteiger partial charge in [-0.2, -0.15) is 0 Å². The molecule has 168 valence electrons. The second-order valence-electron chi connectivity index (χ2n) is 8.72. The zero-order valence-electron chi connectivity index (χ0n) is 18.7. The minimum Gasteiger partial charge on any atom is -0.459 e. The van der Waals surface area contributed by atoms with E-state index in [0.29, 0.717) is 12.0 Å². The number of aryl methyl sites for hydroxylation is 1. The monoisotopic (exact) mass is 435 g/mol. The zero-order chi connectivity index (χ0) is 23.1. The van der Waals surface area contributed by atoms with Gasteiger partial charge >= 0.3 is 12.1 Å². The second kappa shape index (κ2) is 10.3. The van der Waals surface area contributed by atoms with Gasteiger partial charge in [-0.25, -0.2) is 14.5 Å². The van der Waals surface area contributed by atoms with Gasteiger partial charge in [-0.3, -0.25) is 4.79 Å². The summed E-state index contributed by atoms with van der Waals surface area (Å²) in [4.78, 5) is 39.5. The Labute approximate surface area is 188 Å². The lowest BCUT2D eigenvalue weighted by molar-refractivity contribution is -0.152. The molecule has 2 aromatic carbocycles. The average molecular weight is 436 g/mol. The molecule has 0 aliphatic carbocycles. The molecule has 1 fully saturated rings. The normalized spacial score (nSPS) is 17.5. The molecule has 0 bridgehead atoms. The molecule has 1 heterocycles. The first-order valence-electron chi connectivity index (χ1n) is 10.7. The quantitative estimate of drug-likeness (QED) is 0.480. The predicted molar refractivity (Wildman–Crippen MR) is 121 cm³/mol. The van der Waals surface area contributed by atoms with Gasteiger partial charge in [-0.05, 0) is 44.7 Å². The van der Waals surface area contributed by atoms with Gasteiger partial charge in [0.1, 0.15) is 18.2 Å². The first-order valence-corrected chi connectivity index (χ1v) is 10.7. The van der Waals surface area contributed by atoms with Gasteiger partial charge in [0.15, 0.2) is 0 Å². The zero-order valence-corrected chi connectivity index (χ0v) is 18.7. The van der Waals surface area contributed by atoms with Crippen LogP contribution < -0.4 is 0 Å². The van der Waals surface area contributed by atoms with Crippen LogP contribution in [0.5, 0.6) is 0 Å². The van der Waals surface area contributed by atoms with E-state index in [0.717, 1.165) is 22.4 Å². The molecule has 1 aliphatic rings. The number of nitrogens with zero attached hydrogens (tertiary/aromatic N) is 1. The third-order valence-electron chi connectivity index (χ3n) is 4.97. The number of carbonyl (C=O) groups is 3. The van der Waals surface area contributed by atoms with Crippen molar-refractivity contribution < 1.29 is 23.9 Å². The Balaban J connectivity index is 1.73. The van der Waals surface area contributed by atoms with E-state index < -0.39 is 29.6 Å². The van der Waals surface area contributed by atoms with Crippen molar-refractivity contribution in [3.05, 3.63) is 83.4 Å². The molecular formula is C26H29NO5. The van der Waals surface area contributed by atoms with Gasteiger partial charge in [-0.15, -0.1) is 0 Å². The van der Waals surface area contributed by atoms with Gasteiger partial charge in [0, 0.05) is 12.0 Å². The lowest BCUT2D eigenvalue weighted by Gasteiger charge is -2.26. The van der Waals surface area contributed by atoms with Gasteiger partial charge < -0.3 is 9.47 Å². The molecule has 0 aromatic heterocycles. The Morgan fingerprint density at radius 1 is 1.00 bits per heavy atom. The van der Waals surface area contributed by atoms with Gasteiger partial charge in [0.25, 0.3) is 5.91 Å². The number of imide groups is 1. The van der Waals surface area contributed by atoms with Crippen molar-refractivity contribution in [1.29, 1.82) is 0 Å². The van der Waals surface area contributed by atoms with Crippen LogP contribution >= 0.6 is 0 Å². The van der Waals surface area contributed by atoms with Crippen LogP contribution in [0.4, 0.5) is 4.79 Å². The number of benzene rings is 2. The predicted octanol–water partition coefficient (Wildman–Crippen LogP) is 4.83. The van der Waals surface area contributed by atoms with E-state index in [1.165, 1.54) is 0 Å². The van der Waals surface area contributed by atoms with Crippen molar-refractivity contribution in [2.45, 2.75) is 58.3 Å². The SMILES string of the molecule is CC(C)(C)OC(=O)N1C(=O)C(=CCCc2ccccc2)C[C@H]1C(=O)OCc1ccccc1. The van der Waals surface area contributed by atoms with Crippen LogP contribution in [0.25, 0.3) is 0 Å². The van der Waals surface area contributed by atoms with Crippen LogP contribution in [-0.4, -0.2) is 34.5 Å². The second-order valence-corrected chi connectivity index (χ2v) is 8.72. The number of allylic oxidation sites excluding steroid dienone is 1. The summed E-state index contributed by atoms with van der Waals surface area (Å²) in [7, 11) is 0. The summed E-state index contributed by atoms with van der Waals surface area (Å²) in [5, 5.41) is 0. The van der Waals surface area contributed by atoms with E-state index >= 15 is 0 Å². The number of hydrogen-bond donors (Lipinski definition) is 0. The molecule has 6 nitrogen and oxygen atoms in total. The van der Waals surface area contributed by atoms with Gasteiger partial charge in [0.2, 0.25) is 0 Å². The number of esters is 1. The highest BCUT2D eigenvalue weighted by atomic mass is 16.6. The number of ether oxygens (including phenoxy) is 2.